The quantitative estimate of drug-likeness (QED) is 0.596. The van der Waals surface area contributed by atoms with Crippen LogP contribution in [0, 0.1) is 15.9 Å². The number of benzene rings is 1. The third-order valence-electron chi connectivity index (χ3n) is 2.26. The van der Waals surface area contributed by atoms with E-state index in [-0.39, 0.29) is 5.82 Å². The van der Waals surface area contributed by atoms with Crippen molar-refractivity contribution in [1.82, 2.24) is 14.8 Å². The first kappa shape index (κ1) is 11.2. The van der Waals surface area contributed by atoms with Crippen molar-refractivity contribution in [3.05, 3.63) is 52.1 Å². The molecule has 2 aromatic rings. The maximum Gasteiger partial charge on any atom is 0.490 e. The second kappa shape index (κ2) is 4.69. The monoisotopic (exact) mass is 236 g/mol. The number of hydrogen-bond donors (Lipinski definition) is 0. The highest BCUT2D eigenvalue weighted by Gasteiger charge is 2.13. The van der Waals surface area contributed by atoms with Crippen molar-refractivity contribution in [3.63, 3.8) is 0 Å². The molecule has 1 heterocycles. The van der Waals surface area contributed by atoms with Crippen molar-refractivity contribution in [2.24, 2.45) is 0 Å². The van der Waals surface area contributed by atoms with E-state index in [9.17, 15) is 14.5 Å². The molecule has 6 nitrogen and oxygen atoms in total. The maximum atomic E-state index is 13.3. The van der Waals surface area contributed by atoms with Gasteiger partial charge in [-0.25, -0.2) is 4.39 Å². The smallest absolute Gasteiger partial charge is 0.390 e. The molecule has 0 aliphatic heterocycles. The summed E-state index contributed by atoms with van der Waals surface area (Å²) in [6.45, 7) is 0.349. The van der Waals surface area contributed by atoms with Gasteiger partial charge in [0.2, 0.25) is 6.33 Å². The molecular weight excluding hydrogens is 227 g/mol. The standard InChI is InChI=1S/C10H9FN4O2/c11-9-4-2-1-3-8(9)5-6-14-7-12-10(13-14)15(16)17/h1-4,7H,5-6H2. The van der Waals surface area contributed by atoms with E-state index in [1.54, 1.807) is 18.2 Å². The Morgan fingerprint density at radius 2 is 2.18 bits per heavy atom. The topological polar surface area (TPSA) is 73.8 Å². The summed E-state index contributed by atoms with van der Waals surface area (Å²) >= 11 is 0. The number of halogens is 1. The van der Waals surface area contributed by atoms with Gasteiger partial charge in [0, 0.05) is 5.10 Å². The van der Waals surface area contributed by atoms with E-state index in [4.69, 9.17) is 0 Å². The zero-order valence-electron chi connectivity index (χ0n) is 8.78. The average Bonchev–Trinajstić information content (AvgIpc) is 2.77. The second-order valence-electron chi connectivity index (χ2n) is 3.41. The molecule has 0 N–H and O–H groups in total. The van der Waals surface area contributed by atoms with Crippen molar-refractivity contribution in [3.8, 4) is 0 Å². The summed E-state index contributed by atoms with van der Waals surface area (Å²) in [7, 11) is 0. The van der Waals surface area contributed by atoms with Gasteiger partial charge in [0.05, 0.1) is 6.54 Å². The van der Waals surface area contributed by atoms with Crippen LogP contribution in [0.1, 0.15) is 5.56 Å². The fraction of sp³-hybridized carbons (Fsp3) is 0.200. The Labute approximate surface area is 95.9 Å². The van der Waals surface area contributed by atoms with Crippen molar-refractivity contribution in [2.45, 2.75) is 13.0 Å². The number of nitro groups is 1. The first-order valence-corrected chi connectivity index (χ1v) is 4.94. The zero-order chi connectivity index (χ0) is 12.3. The molecule has 7 heteroatoms. The highest BCUT2D eigenvalue weighted by atomic mass is 19.1. The lowest BCUT2D eigenvalue weighted by Gasteiger charge is -2.00. The minimum Gasteiger partial charge on any atom is -0.390 e. The lowest BCUT2D eigenvalue weighted by molar-refractivity contribution is -0.394. The summed E-state index contributed by atoms with van der Waals surface area (Å²) in [6.07, 6.45) is 1.67. The van der Waals surface area contributed by atoms with Crippen molar-refractivity contribution >= 4 is 5.95 Å². The van der Waals surface area contributed by atoms with Gasteiger partial charge in [0.25, 0.3) is 0 Å². The first-order valence-electron chi connectivity index (χ1n) is 4.94. The molecule has 0 saturated heterocycles. The molecule has 0 radical (unpaired) electrons. The zero-order valence-corrected chi connectivity index (χ0v) is 8.78. The van der Waals surface area contributed by atoms with Crippen LogP contribution in [0.3, 0.4) is 0 Å². The molecule has 88 valence electrons. The van der Waals surface area contributed by atoms with Crippen LogP contribution in [0.2, 0.25) is 0 Å². The van der Waals surface area contributed by atoms with Gasteiger partial charge in [0.15, 0.2) is 0 Å². The van der Waals surface area contributed by atoms with Crippen LogP contribution in [-0.2, 0) is 13.0 Å². The van der Waals surface area contributed by atoms with E-state index in [2.05, 4.69) is 10.1 Å². The third kappa shape index (κ3) is 2.63. The maximum absolute atomic E-state index is 13.3. The van der Waals surface area contributed by atoms with Gasteiger partial charge >= 0.3 is 5.95 Å². The highest BCUT2D eigenvalue weighted by molar-refractivity contribution is 5.17. The van der Waals surface area contributed by atoms with Gasteiger partial charge in [-0.05, 0) is 23.0 Å². The Morgan fingerprint density at radius 3 is 2.82 bits per heavy atom. The van der Waals surface area contributed by atoms with Gasteiger partial charge < -0.3 is 10.1 Å². The molecular formula is C10H9FN4O2. The number of aryl methyl sites for hydroxylation is 2. The Bertz CT molecular complexity index is 541. The Kier molecular flexibility index (Phi) is 3.08. The predicted molar refractivity (Wildman–Crippen MR) is 56.8 cm³/mol. The van der Waals surface area contributed by atoms with Gasteiger partial charge in [0.1, 0.15) is 5.82 Å². The highest BCUT2D eigenvalue weighted by Crippen LogP contribution is 2.08. The Balaban J connectivity index is 2.02. The molecule has 0 bridgehead atoms. The van der Waals surface area contributed by atoms with Crippen LogP contribution in [0.15, 0.2) is 30.6 Å². The molecule has 17 heavy (non-hydrogen) atoms. The minimum absolute atomic E-state index is 0.290. The molecule has 0 aliphatic rings. The van der Waals surface area contributed by atoms with Crippen LogP contribution < -0.4 is 0 Å². The average molecular weight is 236 g/mol. The van der Waals surface area contributed by atoms with Gasteiger partial charge in [-0.15, -0.1) is 0 Å². The molecule has 0 atom stereocenters. The summed E-state index contributed by atoms with van der Waals surface area (Å²) in [4.78, 5) is 13.2. The SMILES string of the molecule is O=[N+]([O-])c1ncn(CCc2ccccc2F)n1. The molecule has 0 aliphatic carbocycles. The normalized spacial score (nSPS) is 10.4. The summed E-state index contributed by atoms with van der Waals surface area (Å²) in [6, 6.07) is 6.39. The van der Waals surface area contributed by atoms with Crippen LogP contribution in [-0.4, -0.2) is 19.7 Å². The predicted octanol–water partition coefficient (Wildman–Crippen LogP) is 1.57. The van der Waals surface area contributed by atoms with E-state index in [0.717, 1.165) is 0 Å². The van der Waals surface area contributed by atoms with Gasteiger partial charge in [-0.3, -0.25) is 0 Å². The molecule has 0 unspecified atom stereocenters. The van der Waals surface area contributed by atoms with E-state index in [1.165, 1.54) is 17.1 Å². The molecule has 0 saturated carbocycles. The summed E-state index contributed by atoms with van der Waals surface area (Å²) < 4.78 is 14.6. The van der Waals surface area contributed by atoms with Crippen molar-refractivity contribution in [2.75, 3.05) is 0 Å². The second-order valence-corrected chi connectivity index (χ2v) is 3.41. The third-order valence-corrected chi connectivity index (χ3v) is 2.26. The van der Waals surface area contributed by atoms with Gasteiger partial charge in [-0.2, -0.15) is 4.68 Å². The number of hydrogen-bond acceptors (Lipinski definition) is 4. The Hall–Kier alpha value is -2.31. The van der Waals surface area contributed by atoms with Crippen LogP contribution >= 0.6 is 0 Å². The van der Waals surface area contributed by atoms with Crippen molar-refractivity contribution in [1.29, 1.82) is 0 Å². The molecule has 0 fully saturated rings. The fourth-order valence-corrected chi connectivity index (χ4v) is 1.41. The lowest BCUT2D eigenvalue weighted by atomic mass is 10.1. The molecule has 2 rings (SSSR count). The van der Waals surface area contributed by atoms with Crippen LogP contribution in [0.4, 0.5) is 10.3 Å². The summed E-state index contributed by atoms with van der Waals surface area (Å²) in [5.41, 5.74) is 0.547. The number of aromatic nitrogens is 3. The first-order chi connectivity index (χ1) is 8.16. The summed E-state index contributed by atoms with van der Waals surface area (Å²) in [5, 5.41) is 14.0. The summed E-state index contributed by atoms with van der Waals surface area (Å²) in [5.74, 6) is -0.736. The lowest BCUT2D eigenvalue weighted by Crippen LogP contribution is -2.03. The van der Waals surface area contributed by atoms with E-state index in [0.29, 0.717) is 18.5 Å². The Morgan fingerprint density at radius 1 is 1.41 bits per heavy atom. The molecule has 0 spiro atoms. The minimum atomic E-state index is -0.667. The van der Waals surface area contributed by atoms with Crippen LogP contribution in [0.25, 0.3) is 0 Å². The fourth-order valence-electron chi connectivity index (χ4n) is 1.41. The van der Waals surface area contributed by atoms with E-state index >= 15 is 0 Å². The number of nitrogens with zero attached hydrogens (tertiary/aromatic N) is 4. The van der Waals surface area contributed by atoms with E-state index < -0.39 is 10.9 Å². The van der Waals surface area contributed by atoms with E-state index in [1.807, 2.05) is 0 Å². The largest absolute Gasteiger partial charge is 0.490 e. The molecule has 1 aromatic heterocycles. The van der Waals surface area contributed by atoms with Crippen LogP contribution in [0.5, 0.6) is 0 Å². The van der Waals surface area contributed by atoms with Gasteiger partial charge in [-0.1, -0.05) is 23.2 Å². The number of rotatable bonds is 4. The molecule has 1 aromatic carbocycles. The van der Waals surface area contributed by atoms with Crippen molar-refractivity contribution < 1.29 is 9.31 Å². The molecule has 0 amide bonds.